The van der Waals surface area contributed by atoms with Crippen molar-refractivity contribution in [3.8, 4) is 6.07 Å². The molecule has 96 valence electrons. The highest BCUT2D eigenvalue weighted by atomic mass is 16.2. The predicted molar refractivity (Wildman–Crippen MR) is 68.4 cm³/mol. The quantitative estimate of drug-likeness (QED) is 0.722. The van der Waals surface area contributed by atoms with Crippen LogP contribution < -0.4 is 0 Å². The fraction of sp³-hybridized carbons (Fsp3) is 0.400. The van der Waals surface area contributed by atoms with Crippen molar-refractivity contribution >= 4 is 11.8 Å². The summed E-state index contributed by atoms with van der Waals surface area (Å²) in [5.41, 5.74) is 1.91. The molecule has 0 bridgehead atoms. The van der Waals surface area contributed by atoms with Crippen LogP contribution in [0.5, 0.6) is 0 Å². The minimum Gasteiger partial charge on any atom is -0.270 e. The number of rotatable bonds is 1. The van der Waals surface area contributed by atoms with Crippen molar-refractivity contribution < 1.29 is 9.59 Å². The third-order valence-electron chi connectivity index (χ3n) is 4.05. The number of benzene rings is 1. The molecule has 0 radical (unpaired) electrons. The lowest BCUT2D eigenvalue weighted by atomic mass is 10.0. The van der Waals surface area contributed by atoms with Gasteiger partial charge < -0.3 is 0 Å². The second kappa shape index (κ2) is 4.20. The third kappa shape index (κ3) is 1.66. The lowest BCUT2D eigenvalue weighted by molar-refractivity contribution is 0.0567. The average molecular weight is 254 g/mol. The maximum Gasteiger partial charge on any atom is 0.261 e. The summed E-state index contributed by atoms with van der Waals surface area (Å²) in [7, 11) is 0. The second-order valence-electron chi connectivity index (χ2n) is 5.26. The van der Waals surface area contributed by atoms with E-state index in [2.05, 4.69) is 6.07 Å². The molecule has 4 nitrogen and oxygen atoms in total. The Kier molecular flexibility index (Phi) is 2.63. The van der Waals surface area contributed by atoms with Crippen LogP contribution in [0.3, 0.4) is 0 Å². The van der Waals surface area contributed by atoms with E-state index in [9.17, 15) is 9.59 Å². The topological polar surface area (TPSA) is 61.2 Å². The molecule has 0 N–H and O–H groups in total. The van der Waals surface area contributed by atoms with Gasteiger partial charge in [0.1, 0.15) is 0 Å². The van der Waals surface area contributed by atoms with Crippen LogP contribution in [-0.2, 0) is 0 Å². The van der Waals surface area contributed by atoms with Gasteiger partial charge in [0, 0.05) is 0 Å². The summed E-state index contributed by atoms with van der Waals surface area (Å²) in [5.74, 6) is -0.702. The van der Waals surface area contributed by atoms with Gasteiger partial charge in [0.2, 0.25) is 0 Å². The summed E-state index contributed by atoms with van der Waals surface area (Å²) in [5, 5.41) is 9.13. The number of carbonyl (C=O) groups excluding carboxylic acids is 2. The number of aryl methyl sites for hydroxylation is 1. The maximum atomic E-state index is 12.4. The highest BCUT2D eigenvalue weighted by Crippen LogP contribution is 2.35. The van der Waals surface area contributed by atoms with E-state index < -0.39 is 0 Å². The van der Waals surface area contributed by atoms with Gasteiger partial charge in [-0.05, 0) is 38.3 Å². The molecule has 0 spiro atoms. The summed E-state index contributed by atoms with van der Waals surface area (Å²) in [6.45, 7) is 1.90. The van der Waals surface area contributed by atoms with Gasteiger partial charge in [0.15, 0.2) is 0 Å². The Labute approximate surface area is 111 Å². The smallest absolute Gasteiger partial charge is 0.261 e. The zero-order valence-electron chi connectivity index (χ0n) is 10.7. The van der Waals surface area contributed by atoms with Crippen LogP contribution in [-0.4, -0.2) is 22.8 Å². The van der Waals surface area contributed by atoms with Gasteiger partial charge >= 0.3 is 0 Å². The highest BCUT2D eigenvalue weighted by Gasteiger charge is 2.44. The van der Waals surface area contributed by atoms with Gasteiger partial charge in [-0.2, -0.15) is 5.26 Å². The molecule has 19 heavy (non-hydrogen) atoms. The third-order valence-corrected chi connectivity index (χ3v) is 4.05. The van der Waals surface area contributed by atoms with Crippen LogP contribution in [0, 0.1) is 24.2 Å². The number of amides is 2. The lowest BCUT2D eigenvalue weighted by Gasteiger charge is -2.24. The fourth-order valence-corrected chi connectivity index (χ4v) is 3.07. The fourth-order valence-electron chi connectivity index (χ4n) is 3.07. The molecule has 2 aliphatic rings. The largest absolute Gasteiger partial charge is 0.270 e. The molecule has 1 saturated carbocycles. The molecular weight excluding hydrogens is 240 g/mol. The number of nitriles is 1. The molecule has 0 saturated heterocycles. The average Bonchev–Trinajstić information content (AvgIpc) is 2.94. The van der Waals surface area contributed by atoms with Crippen molar-refractivity contribution in [3.63, 3.8) is 0 Å². The first-order valence-electron chi connectivity index (χ1n) is 6.51. The Morgan fingerprint density at radius 1 is 1.21 bits per heavy atom. The van der Waals surface area contributed by atoms with Crippen molar-refractivity contribution in [2.24, 2.45) is 5.92 Å². The molecule has 4 heteroatoms. The molecule has 2 amide bonds. The molecule has 1 aromatic carbocycles. The van der Waals surface area contributed by atoms with Crippen molar-refractivity contribution in [2.75, 3.05) is 0 Å². The van der Waals surface area contributed by atoms with Crippen molar-refractivity contribution in [2.45, 2.75) is 32.2 Å². The monoisotopic (exact) mass is 254 g/mol. The van der Waals surface area contributed by atoms with Gasteiger partial charge in [-0.15, -0.1) is 0 Å². The molecule has 1 aliphatic heterocycles. The van der Waals surface area contributed by atoms with E-state index in [4.69, 9.17) is 5.26 Å². The van der Waals surface area contributed by atoms with E-state index in [1.165, 1.54) is 4.90 Å². The number of fused-ring (bicyclic) bond motifs is 1. The second-order valence-corrected chi connectivity index (χ2v) is 5.26. The summed E-state index contributed by atoms with van der Waals surface area (Å²) in [6, 6.07) is 7.27. The summed E-state index contributed by atoms with van der Waals surface area (Å²) >= 11 is 0. The minimum absolute atomic E-state index is 0.219. The Balaban J connectivity index is 2.01. The van der Waals surface area contributed by atoms with Gasteiger partial charge in [0.25, 0.3) is 11.8 Å². The molecule has 1 aliphatic carbocycles. The van der Waals surface area contributed by atoms with Gasteiger partial charge in [0.05, 0.1) is 29.2 Å². The lowest BCUT2D eigenvalue weighted by Crippen LogP contribution is -2.41. The van der Waals surface area contributed by atoms with Crippen LogP contribution >= 0.6 is 0 Å². The van der Waals surface area contributed by atoms with Crippen molar-refractivity contribution in [1.29, 1.82) is 5.26 Å². The summed E-state index contributed by atoms with van der Waals surface area (Å²) in [6.07, 6.45) is 2.41. The van der Waals surface area contributed by atoms with Gasteiger partial charge in [-0.25, -0.2) is 0 Å². The molecule has 2 atom stereocenters. The number of hydrogen-bond donors (Lipinski definition) is 0. The van der Waals surface area contributed by atoms with E-state index in [0.29, 0.717) is 11.1 Å². The Bertz CT molecular complexity index is 615. The van der Waals surface area contributed by atoms with Gasteiger partial charge in [-0.3, -0.25) is 14.5 Å². The minimum atomic E-state index is -0.252. The van der Waals surface area contributed by atoms with Crippen LogP contribution in [0.2, 0.25) is 0 Å². The van der Waals surface area contributed by atoms with Crippen LogP contribution in [0.1, 0.15) is 45.5 Å². The Hall–Kier alpha value is -2.15. The zero-order chi connectivity index (χ0) is 13.6. The maximum absolute atomic E-state index is 12.4. The van der Waals surface area contributed by atoms with E-state index in [-0.39, 0.29) is 23.8 Å². The number of imide groups is 1. The molecular formula is C15H14N2O2. The van der Waals surface area contributed by atoms with Crippen LogP contribution in [0.4, 0.5) is 0 Å². The molecule has 2 unspecified atom stereocenters. The normalized spacial score (nSPS) is 25.6. The first-order valence-corrected chi connectivity index (χ1v) is 6.51. The van der Waals surface area contributed by atoms with E-state index in [1.54, 1.807) is 12.1 Å². The molecule has 1 heterocycles. The summed E-state index contributed by atoms with van der Waals surface area (Å²) in [4.78, 5) is 26.1. The number of carbonyl (C=O) groups is 2. The number of nitrogens with zero attached hydrogens (tertiary/aromatic N) is 2. The van der Waals surface area contributed by atoms with Gasteiger partial charge in [-0.1, -0.05) is 11.6 Å². The molecule has 0 aromatic heterocycles. The summed E-state index contributed by atoms with van der Waals surface area (Å²) < 4.78 is 0. The van der Waals surface area contributed by atoms with Crippen molar-refractivity contribution in [3.05, 3.63) is 34.9 Å². The van der Waals surface area contributed by atoms with Crippen LogP contribution in [0.15, 0.2) is 18.2 Å². The SMILES string of the molecule is Cc1ccc2c(c1)C(=O)N(C1CCCC1C#N)C2=O. The zero-order valence-corrected chi connectivity index (χ0v) is 10.7. The first kappa shape index (κ1) is 11.9. The standard InChI is InChI=1S/C15H14N2O2/c1-9-5-6-11-12(7-9)15(19)17(14(11)18)13-4-2-3-10(13)8-16/h5-7,10,13H,2-4H2,1H3. The highest BCUT2D eigenvalue weighted by molar-refractivity contribution is 6.21. The molecule has 1 aromatic rings. The van der Waals surface area contributed by atoms with E-state index in [1.807, 2.05) is 13.0 Å². The Morgan fingerprint density at radius 2 is 1.95 bits per heavy atom. The van der Waals surface area contributed by atoms with E-state index >= 15 is 0 Å². The first-order chi connectivity index (χ1) is 9.13. The van der Waals surface area contributed by atoms with Crippen molar-refractivity contribution in [1.82, 2.24) is 4.90 Å². The van der Waals surface area contributed by atoms with E-state index in [0.717, 1.165) is 24.8 Å². The predicted octanol–water partition coefficient (Wildman–Crippen LogP) is 2.28. The molecule has 3 rings (SSSR count). The number of hydrogen-bond acceptors (Lipinski definition) is 3. The van der Waals surface area contributed by atoms with Crippen LogP contribution in [0.25, 0.3) is 0 Å². The Morgan fingerprint density at radius 3 is 2.68 bits per heavy atom. The molecule has 1 fully saturated rings.